The van der Waals surface area contributed by atoms with E-state index in [9.17, 15) is 9.18 Å². The van der Waals surface area contributed by atoms with Crippen molar-refractivity contribution >= 4 is 11.7 Å². The Hall–Kier alpha value is -3.22. The number of amides is 1. The molecule has 0 aliphatic heterocycles. The van der Waals surface area contributed by atoms with Crippen molar-refractivity contribution in [3.63, 3.8) is 0 Å². The molecule has 0 radical (unpaired) electrons. The first-order valence-corrected chi connectivity index (χ1v) is 7.32. The van der Waals surface area contributed by atoms with E-state index in [2.05, 4.69) is 20.6 Å². The monoisotopic (exact) mass is 326 g/mol. The van der Waals surface area contributed by atoms with E-state index in [1.165, 1.54) is 24.7 Å². The Labute approximate surface area is 137 Å². The molecule has 24 heavy (non-hydrogen) atoms. The van der Waals surface area contributed by atoms with Gasteiger partial charge in [0.2, 0.25) is 0 Å². The second-order valence-electron chi connectivity index (χ2n) is 4.99. The maximum Gasteiger partial charge on any atom is 0.271 e. The van der Waals surface area contributed by atoms with Crippen LogP contribution in [0.4, 0.5) is 10.2 Å². The topological polar surface area (TPSA) is 80.0 Å². The number of nitrogens with zero attached hydrogens (tertiary/aromatic N) is 2. The van der Waals surface area contributed by atoms with Crippen molar-refractivity contribution < 1.29 is 13.6 Å². The maximum atomic E-state index is 13.5. The number of carbonyl (C=O) groups excluding carboxylic acids is 1. The van der Waals surface area contributed by atoms with Crippen molar-refractivity contribution in [1.29, 1.82) is 0 Å². The molecule has 0 aliphatic carbocycles. The van der Waals surface area contributed by atoms with Gasteiger partial charge in [0.15, 0.2) is 0 Å². The molecule has 0 spiro atoms. The molecule has 0 atom stereocenters. The summed E-state index contributed by atoms with van der Waals surface area (Å²) in [5.41, 5.74) is 0.720. The highest BCUT2D eigenvalue weighted by Gasteiger charge is 2.09. The SMILES string of the molecule is O=C(NCc1ccco1)c1cnc(NCc2ccccc2F)cn1. The van der Waals surface area contributed by atoms with Gasteiger partial charge in [-0.25, -0.2) is 14.4 Å². The summed E-state index contributed by atoms with van der Waals surface area (Å²) < 4.78 is 18.7. The van der Waals surface area contributed by atoms with Crippen molar-refractivity contribution in [3.8, 4) is 0 Å². The Kier molecular flexibility index (Phi) is 4.81. The van der Waals surface area contributed by atoms with Gasteiger partial charge in [0.05, 0.1) is 25.2 Å². The third-order valence-electron chi connectivity index (χ3n) is 3.31. The van der Waals surface area contributed by atoms with E-state index in [0.717, 1.165) is 0 Å². The number of anilines is 1. The summed E-state index contributed by atoms with van der Waals surface area (Å²) in [7, 11) is 0. The number of rotatable bonds is 6. The molecule has 2 N–H and O–H groups in total. The lowest BCUT2D eigenvalue weighted by atomic mass is 10.2. The molecule has 1 amide bonds. The fourth-order valence-electron chi connectivity index (χ4n) is 2.04. The zero-order chi connectivity index (χ0) is 16.8. The Balaban J connectivity index is 1.55. The fraction of sp³-hybridized carbons (Fsp3) is 0.118. The van der Waals surface area contributed by atoms with E-state index >= 15 is 0 Å². The second kappa shape index (κ2) is 7.36. The van der Waals surface area contributed by atoms with Crippen LogP contribution in [0.3, 0.4) is 0 Å². The van der Waals surface area contributed by atoms with Crippen LogP contribution in [-0.2, 0) is 13.1 Å². The van der Waals surface area contributed by atoms with Crippen LogP contribution in [0.25, 0.3) is 0 Å². The van der Waals surface area contributed by atoms with Crippen LogP contribution in [-0.4, -0.2) is 15.9 Å². The molecule has 3 rings (SSSR count). The summed E-state index contributed by atoms with van der Waals surface area (Å²) in [4.78, 5) is 20.1. The van der Waals surface area contributed by atoms with Gasteiger partial charge in [-0.05, 0) is 18.2 Å². The summed E-state index contributed by atoms with van der Waals surface area (Å²) in [5, 5.41) is 5.64. The summed E-state index contributed by atoms with van der Waals surface area (Å²) in [5.74, 6) is 0.478. The van der Waals surface area contributed by atoms with E-state index in [4.69, 9.17) is 4.42 Å². The molecule has 2 heterocycles. The molecule has 6 nitrogen and oxygen atoms in total. The van der Waals surface area contributed by atoms with E-state index in [-0.39, 0.29) is 30.5 Å². The smallest absolute Gasteiger partial charge is 0.271 e. The van der Waals surface area contributed by atoms with Gasteiger partial charge in [0.25, 0.3) is 5.91 Å². The largest absolute Gasteiger partial charge is 0.467 e. The minimum Gasteiger partial charge on any atom is -0.467 e. The Morgan fingerprint density at radius 2 is 1.96 bits per heavy atom. The first kappa shape index (κ1) is 15.7. The standard InChI is InChI=1S/C17H15FN4O2/c18-14-6-2-1-4-12(14)8-20-16-11-19-15(10-21-16)17(23)22-9-13-5-3-7-24-13/h1-7,10-11H,8-9H2,(H,20,21)(H,22,23). The molecule has 0 fully saturated rings. The number of aromatic nitrogens is 2. The van der Waals surface area contributed by atoms with Crippen molar-refractivity contribution in [3.05, 3.63) is 77.9 Å². The zero-order valence-corrected chi connectivity index (χ0v) is 12.7. The molecule has 3 aromatic rings. The van der Waals surface area contributed by atoms with Crippen LogP contribution in [0.15, 0.2) is 59.5 Å². The zero-order valence-electron chi connectivity index (χ0n) is 12.7. The Morgan fingerprint density at radius 3 is 2.67 bits per heavy atom. The first-order chi connectivity index (χ1) is 11.7. The third-order valence-corrected chi connectivity index (χ3v) is 3.31. The number of benzene rings is 1. The predicted molar refractivity (Wildman–Crippen MR) is 85.6 cm³/mol. The van der Waals surface area contributed by atoms with Crippen LogP contribution in [0.1, 0.15) is 21.8 Å². The highest BCUT2D eigenvalue weighted by molar-refractivity contribution is 5.91. The van der Waals surface area contributed by atoms with Crippen molar-refractivity contribution in [2.45, 2.75) is 13.1 Å². The Bertz CT molecular complexity index is 804. The fourth-order valence-corrected chi connectivity index (χ4v) is 2.04. The molecule has 0 unspecified atom stereocenters. The second-order valence-corrected chi connectivity index (χ2v) is 4.99. The van der Waals surface area contributed by atoms with Gasteiger partial charge in [-0.15, -0.1) is 0 Å². The molecule has 1 aromatic carbocycles. The Morgan fingerprint density at radius 1 is 1.08 bits per heavy atom. The summed E-state index contributed by atoms with van der Waals surface area (Å²) in [6, 6.07) is 9.99. The van der Waals surface area contributed by atoms with Gasteiger partial charge in [-0.3, -0.25) is 4.79 Å². The van der Waals surface area contributed by atoms with Gasteiger partial charge in [-0.1, -0.05) is 18.2 Å². The van der Waals surface area contributed by atoms with E-state index in [1.54, 1.807) is 30.3 Å². The average molecular weight is 326 g/mol. The summed E-state index contributed by atoms with van der Waals surface area (Å²) >= 11 is 0. The maximum absolute atomic E-state index is 13.5. The van der Waals surface area contributed by atoms with Crippen molar-refractivity contribution in [1.82, 2.24) is 15.3 Å². The summed E-state index contributed by atoms with van der Waals surface area (Å²) in [6.45, 7) is 0.562. The van der Waals surface area contributed by atoms with Crippen LogP contribution < -0.4 is 10.6 Å². The lowest BCUT2D eigenvalue weighted by Gasteiger charge is -2.07. The number of halogens is 1. The van der Waals surface area contributed by atoms with Crippen molar-refractivity contribution in [2.24, 2.45) is 0 Å². The number of furan rings is 1. The molecule has 0 saturated carbocycles. The van der Waals surface area contributed by atoms with Gasteiger partial charge >= 0.3 is 0 Å². The molecule has 0 bridgehead atoms. The lowest BCUT2D eigenvalue weighted by Crippen LogP contribution is -2.23. The van der Waals surface area contributed by atoms with E-state index in [0.29, 0.717) is 17.1 Å². The molecule has 2 aromatic heterocycles. The number of hydrogen-bond acceptors (Lipinski definition) is 5. The van der Waals surface area contributed by atoms with Crippen molar-refractivity contribution in [2.75, 3.05) is 5.32 Å². The van der Waals surface area contributed by atoms with Crippen LogP contribution in [0, 0.1) is 5.82 Å². The molecule has 7 heteroatoms. The first-order valence-electron chi connectivity index (χ1n) is 7.32. The predicted octanol–water partition coefficient (Wildman–Crippen LogP) is 2.75. The van der Waals surface area contributed by atoms with Crippen LogP contribution in [0.5, 0.6) is 0 Å². The lowest BCUT2D eigenvalue weighted by molar-refractivity contribution is 0.0942. The highest BCUT2D eigenvalue weighted by Crippen LogP contribution is 2.09. The highest BCUT2D eigenvalue weighted by atomic mass is 19.1. The molecule has 122 valence electrons. The van der Waals surface area contributed by atoms with Gasteiger partial charge in [0, 0.05) is 12.1 Å². The number of carbonyl (C=O) groups is 1. The molecular formula is C17H15FN4O2. The quantitative estimate of drug-likeness (QED) is 0.728. The number of nitrogens with one attached hydrogen (secondary N) is 2. The number of hydrogen-bond donors (Lipinski definition) is 2. The van der Waals surface area contributed by atoms with E-state index < -0.39 is 0 Å². The van der Waals surface area contributed by atoms with Gasteiger partial charge < -0.3 is 15.1 Å². The molecule has 0 aliphatic rings. The van der Waals surface area contributed by atoms with Gasteiger partial charge in [-0.2, -0.15) is 0 Å². The molecule has 0 saturated heterocycles. The van der Waals surface area contributed by atoms with E-state index in [1.807, 2.05) is 0 Å². The van der Waals surface area contributed by atoms with Crippen LogP contribution >= 0.6 is 0 Å². The summed E-state index contributed by atoms with van der Waals surface area (Å²) in [6.07, 6.45) is 4.33. The minimum atomic E-state index is -0.348. The normalized spacial score (nSPS) is 10.4. The minimum absolute atomic E-state index is 0.193. The van der Waals surface area contributed by atoms with Gasteiger partial charge in [0.1, 0.15) is 23.1 Å². The molecular weight excluding hydrogens is 311 g/mol. The van der Waals surface area contributed by atoms with Crippen LogP contribution in [0.2, 0.25) is 0 Å². The third kappa shape index (κ3) is 3.95. The average Bonchev–Trinajstić information content (AvgIpc) is 3.13.